The van der Waals surface area contributed by atoms with E-state index in [0.29, 0.717) is 0 Å². The molecule has 1 fully saturated rings. The maximum atomic E-state index is 14.0. The predicted molar refractivity (Wildman–Crippen MR) is 109 cm³/mol. The third-order valence-corrected chi connectivity index (χ3v) is 6.95. The lowest BCUT2D eigenvalue weighted by Gasteiger charge is -2.20. The first-order chi connectivity index (χ1) is 14.4. The van der Waals surface area contributed by atoms with Gasteiger partial charge in [0.15, 0.2) is 5.03 Å². The van der Waals surface area contributed by atoms with Crippen molar-refractivity contribution in [1.29, 1.82) is 0 Å². The van der Waals surface area contributed by atoms with E-state index in [9.17, 15) is 17.6 Å². The molecule has 1 amide bonds. The monoisotopic (exact) mass is 428 g/mol. The van der Waals surface area contributed by atoms with Crippen LogP contribution < -0.4 is 5.32 Å². The van der Waals surface area contributed by atoms with Gasteiger partial charge in [-0.05, 0) is 17.7 Å². The highest BCUT2D eigenvalue weighted by atomic mass is 32.2. The number of imidazole rings is 1. The maximum Gasteiger partial charge on any atom is 0.262 e. The minimum absolute atomic E-state index is 0.0436. The Morgan fingerprint density at radius 3 is 2.47 bits per heavy atom. The Morgan fingerprint density at radius 1 is 1.10 bits per heavy atom. The summed E-state index contributed by atoms with van der Waals surface area (Å²) in [5.41, 5.74) is 0.824. The molecule has 9 heteroatoms. The predicted octanol–water partition coefficient (Wildman–Crippen LogP) is 2.15. The number of rotatable bonds is 5. The molecule has 1 aromatic heterocycles. The zero-order valence-electron chi connectivity index (χ0n) is 16.3. The second-order valence-electron chi connectivity index (χ2n) is 7.28. The van der Waals surface area contributed by atoms with Crippen molar-refractivity contribution in [1.82, 2.24) is 19.2 Å². The Balaban J connectivity index is 1.63. The van der Waals surface area contributed by atoms with Crippen molar-refractivity contribution in [2.45, 2.75) is 17.0 Å². The Hall–Kier alpha value is -3.04. The van der Waals surface area contributed by atoms with Crippen molar-refractivity contribution in [2.24, 2.45) is 7.05 Å². The third-order valence-electron chi connectivity index (χ3n) is 5.23. The van der Waals surface area contributed by atoms with Gasteiger partial charge in [-0.25, -0.2) is 17.8 Å². The van der Waals surface area contributed by atoms with Gasteiger partial charge in [-0.1, -0.05) is 42.5 Å². The fourth-order valence-corrected chi connectivity index (χ4v) is 5.15. The van der Waals surface area contributed by atoms with Gasteiger partial charge in [0.2, 0.25) is 0 Å². The van der Waals surface area contributed by atoms with E-state index >= 15 is 0 Å². The molecule has 1 N–H and O–H groups in total. The molecule has 1 saturated heterocycles. The highest BCUT2D eigenvalue weighted by Gasteiger charge is 2.41. The summed E-state index contributed by atoms with van der Waals surface area (Å²) in [6.45, 7) is 0.254. The number of hydrogen-bond acceptors (Lipinski definition) is 4. The van der Waals surface area contributed by atoms with Gasteiger partial charge < -0.3 is 9.88 Å². The second-order valence-corrected chi connectivity index (χ2v) is 9.16. The molecule has 0 radical (unpaired) electrons. The molecule has 1 aliphatic heterocycles. The van der Waals surface area contributed by atoms with E-state index in [1.54, 1.807) is 17.7 Å². The molecular weight excluding hydrogens is 407 g/mol. The molecular formula is C21H21FN4O3S. The first-order valence-corrected chi connectivity index (χ1v) is 10.9. The van der Waals surface area contributed by atoms with Crippen LogP contribution in [0.4, 0.5) is 4.39 Å². The number of carbonyl (C=O) groups is 1. The molecule has 2 unspecified atom stereocenters. The minimum atomic E-state index is -3.82. The third kappa shape index (κ3) is 3.86. The summed E-state index contributed by atoms with van der Waals surface area (Å²) < 4.78 is 43.0. The fraction of sp³-hybridized carbons (Fsp3) is 0.238. The summed E-state index contributed by atoms with van der Waals surface area (Å²) in [6.07, 6.45) is 2.87. The number of hydrogen-bond donors (Lipinski definition) is 1. The number of benzene rings is 2. The molecule has 0 bridgehead atoms. The Kier molecular flexibility index (Phi) is 5.40. The smallest absolute Gasteiger partial charge is 0.262 e. The van der Waals surface area contributed by atoms with Crippen molar-refractivity contribution in [2.75, 3.05) is 13.1 Å². The van der Waals surface area contributed by atoms with Crippen LogP contribution in [-0.4, -0.2) is 47.3 Å². The van der Waals surface area contributed by atoms with Crippen molar-refractivity contribution in [3.05, 3.63) is 84.1 Å². The zero-order valence-corrected chi connectivity index (χ0v) is 17.1. The van der Waals surface area contributed by atoms with Gasteiger partial charge >= 0.3 is 0 Å². The number of nitrogens with zero attached hydrogens (tertiary/aromatic N) is 3. The SMILES string of the molecule is Cn1cnc(S(=O)(=O)N2CC(NC(=O)c3ccccc3F)C(c3ccccc3)C2)c1. The first-order valence-electron chi connectivity index (χ1n) is 9.44. The standard InChI is InChI=1S/C21H21FN4O3S/c1-25-13-20(23-14-25)30(28,29)26-11-17(15-7-3-2-4-8-15)19(12-26)24-21(27)16-9-5-6-10-18(16)22/h2-10,13-14,17,19H,11-12H2,1H3,(H,24,27). The van der Waals surface area contributed by atoms with E-state index in [-0.39, 0.29) is 29.6 Å². The van der Waals surface area contributed by atoms with Gasteiger partial charge in [-0.15, -0.1) is 0 Å². The van der Waals surface area contributed by atoms with E-state index in [4.69, 9.17) is 0 Å². The van der Waals surface area contributed by atoms with Crippen LogP contribution in [0.3, 0.4) is 0 Å². The Bertz CT molecular complexity index is 1160. The fourth-order valence-electron chi connectivity index (χ4n) is 3.69. The van der Waals surface area contributed by atoms with E-state index in [2.05, 4.69) is 10.3 Å². The van der Waals surface area contributed by atoms with Crippen molar-refractivity contribution in [3.8, 4) is 0 Å². The Morgan fingerprint density at radius 2 is 1.80 bits per heavy atom. The van der Waals surface area contributed by atoms with Crippen molar-refractivity contribution >= 4 is 15.9 Å². The minimum Gasteiger partial charge on any atom is -0.347 e. The van der Waals surface area contributed by atoms with Crippen molar-refractivity contribution in [3.63, 3.8) is 0 Å². The quantitative estimate of drug-likeness (QED) is 0.675. The molecule has 156 valence electrons. The molecule has 2 heterocycles. The van der Waals surface area contributed by atoms with E-state index in [0.717, 1.165) is 5.56 Å². The van der Waals surface area contributed by atoms with E-state index < -0.39 is 27.8 Å². The summed E-state index contributed by atoms with van der Waals surface area (Å²) >= 11 is 0. The van der Waals surface area contributed by atoms with E-state index in [1.807, 2.05) is 30.3 Å². The lowest BCUT2D eigenvalue weighted by Crippen LogP contribution is -2.40. The van der Waals surface area contributed by atoms with E-state index in [1.165, 1.54) is 35.0 Å². The Labute approximate surface area is 174 Å². The molecule has 7 nitrogen and oxygen atoms in total. The number of carbonyl (C=O) groups excluding carboxylic acids is 1. The molecule has 4 rings (SSSR count). The summed E-state index contributed by atoms with van der Waals surface area (Å²) in [6, 6.07) is 14.6. The lowest BCUT2D eigenvalue weighted by atomic mass is 9.94. The van der Waals surface area contributed by atoms with Crippen LogP contribution in [-0.2, 0) is 17.1 Å². The van der Waals surface area contributed by atoms with Crippen LogP contribution in [0.25, 0.3) is 0 Å². The zero-order chi connectivity index (χ0) is 21.3. The topological polar surface area (TPSA) is 84.3 Å². The summed E-state index contributed by atoms with van der Waals surface area (Å²) in [7, 11) is -2.13. The van der Waals surface area contributed by atoms with Gasteiger partial charge in [0.25, 0.3) is 15.9 Å². The van der Waals surface area contributed by atoms with Crippen LogP contribution in [0.15, 0.2) is 72.1 Å². The number of aromatic nitrogens is 2. The van der Waals surface area contributed by atoms with Gasteiger partial charge in [0.05, 0.1) is 17.9 Å². The summed E-state index contributed by atoms with van der Waals surface area (Å²) in [5, 5.41) is 2.79. The normalized spacial score (nSPS) is 19.7. The molecule has 0 saturated carbocycles. The van der Waals surface area contributed by atoms with Gasteiger partial charge in [0, 0.05) is 32.3 Å². The largest absolute Gasteiger partial charge is 0.347 e. The number of aryl methyl sites for hydroxylation is 1. The molecule has 0 spiro atoms. The molecule has 2 atom stereocenters. The molecule has 1 aliphatic rings. The van der Waals surface area contributed by atoms with Gasteiger partial charge in [-0.3, -0.25) is 4.79 Å². The summed E-state index contributed by atoms with van der Waals surface area (Å²) in [5.74, 6) is -1.47. The lowest BCUT2D eigenvalue weighted by molar-refractivity contribution is 0.0932. The molecule has 30 heavy (non-hydrogen) atoms. The number of halogens is 1. The van der Waals surface area contributed by atoms with Crippen LogP contribution >= 0.6 is 0 Å². The first kappa shape index (κ1) is 20.2. The maximum absolute atomic E-state index is 14.0. The molecule has 2 aromatic carbocycles. The van der Waals surface area contributed by atoms with Crippen LogP contribution in [0.1, 0.15) is 21.8 Å². The van der Waals surface area contributed by atoms with Crippen LogP contribution in [0, 0.1) is 5.82 Å². The highest BCUT2D eigenvalue weighted by Crippen LogP contribution is 2.31. The van der Waals surface area contributed by atoms with Gasteiger partial charge in [0.1, 0.15) is 5.82 Å². The highest BCUT2D eigenvalue weighted by molar-refractivity contribution is 7.89. The molecule has 3 aromatic rings. The van der Waals surface area contributed by atoms with Crippen molar-refractivity contribution < 1.29 is 17.6 Å². The average molecular weight is 428 g/mol. The molecule has 0 aliphatic carbocycles. The number of nitrogens with one attached hydrogen (secondary N) is 1. The second kappa shape index (κ2) is 8.00. The van der Waals surface area contributed by atoms with Gasteiger partial charge in [-0.2, -0.15) is 4.31 Å². The number of amides is 1. The average Bonchev–Trinajstić information content (AvgIpc) is 3.36. The number of sulfonamides is 1. The van der Waals surface area contributed by atoms with Crippen LogP contribution in [0.2, 0.25) is 0 Å². The summed E-state index contributed by atoms with van der Waals surface area (Å²) in [4.78, 5) is 16.7. The van der Waals surface area contributed by atoms with Crippen LogP contribution in [0.5, 0.6) is 0 Å².